The minimum Gasteiger partial charge on any atom is -0.679 e. The number of benzene rings is 1. The van der Waals surface area contributed by atoms with E-state index in [4.69, 9.17) is 0 Å². The summed E-state index contributed by atoms with van der Waals surface area (Å²) in [5.74, 6) is 0. The molecule has 0 saturated carbocycles. The van der Waals surface area contributed by atoms with Gasteiger partial charge in [-0.25, -0.2) is 0 Å². The Morgan fingerprint density at radius 1 is 1.23 bits per heavy atom. The summed E-state index contributed by atoms with van der Waals surface area (Å²) in [4.78, 5) is 10.9. The molecule has 0 amide bonds. The quantitative estimate of drug-likeness (QED) is 0.626. The molecule has 13 heavy (non-hydrogen) atoms. The smallest absolute Gasteiger partial charge is 0.0863 e. The molecule has 0 bridgehead atoms. The zero-order valence-corrected chi connectivity index (χ0v) is 9.87. The van der Waals surface area contributed by atoms with E-state index in [0.29, 0.717) is 0 Å². The van der Waals surface area contributed by atoms with Crippen molar-refractivity contribution >= 4 is 14.1 Å². The molecule has 1 rings (SSSR count). The Hall–Kier alpha value is -0.390. The van der Waals surface area contributed by atoms with E-state index in [-0.39, 0.29) is 5.41 Å². The molecule has 1 aromatic carbocycles. The number of hydrogen-bond donors (Lipinski definition) is 0. The average molecular weight is 196 g/mol. The van der Waals surface area contributed by atoms with Crippen LogP contribution in [0.15, 0.2) is 18.2 Å². The summed E-state index contributed by atoms with van der Waals surface area (Å²) in [5, 5.41) is 1.01. The van der Waals surface area contributed by atoms with Crippen LogP contribution in [0.25, 0.3) is 0 Å². The summed E-state index contributed by atoms with van der Waals surface area (Å²) in [6.07, 6.45) is 0. The van der Waals surface area contributed by atoms with Crippen molar-refractivity contribution in [1.29, 1.82) is 0 Å². The van der Waals surface area contributed by atoms with Gasteiger partial charge in [0.25, 0.3) is 0 Å². The van der Waals surface area contributed by atoms with Gasteiger partial charge in [0.05, 0.1) is 5.30 Å². The van der Waals surface area contributed by atoms with E-state index < -0.39 is 8.81 Å². The molecule has 0 fully saturated rings. The molecule has 0 N–H and O–H groups in total. The standard InChI is InChI=1S/C11H17OP/c1-8-5-6-9(11(2,3)4)7-10(8)13-12/h5-7H,13H2,1-4H3. The van der Waals surface area contributed by atoms with E-state index in [2.05, 4.69) is 39.0 Å². The highest BCUT2D eigenvalue weighted by Crippen LogP contribution is 2.22. The fourth-order valence-corrected chi connectivity index (χ4v) is 1.76. The fourth-order valence-electron chi connectivity index (χ4n) is 1.23. The van der Waals surface area contributed by atoms with Crippen molar-refractivity contribution < 1.29 is 4.89 Å². The molecule has 1 atom stereocenters. The van der Waals surface area contributed by atoms with Gasteiger partial charge in [-0.3, -0.25) is 0 Å². The van der Waals surface area contributed by atoms with Gasteiger partial charge in [-0.2, -0.15) is 0 Å². The second-order valence-corrected chi connectivity index (χ2v) is 5.30. The van der Waals surface area contributed by atoms with Crippen molar-refractivity contribution in [3.8, 4) is 0 Å². The Morgan fingerprint density at radius 3 is 2.31 bits per heavy atom. The molecule has 0 aliphatic carbocycles. The molecular weight excluding hydrogens is 179 g/mol. The van der Waals surface area contributed by atoms with Crippen LogP contribution in [-0.2, 0) is 5.41 Å². The molecule has 0 heterocycles. The Kier molecular flexibility index (Phi) is 3.10. The van der Waals surface area contributed by atoms with Crippen LogP contribution in [0, 0.1) is 6.92 Å². The molecule has 2 heteroatoms. The molecule has 0 aromatic heterocycles. The Balaban J connectivity index is 3.14. The highest BCUT2D eigenvalue weighted by atomic mass is 31.1. The van der Waals surface area contributed by atoms with Gasteiger partial charge < -0.3 is 4.89 Å². The lowest BCUT2D eigenvalue weighted by Gasteiger charge is -2.19. The Labute approximate surface area is 82.1 Å². The molecule has 0 spiro atoms. The Bertz CT molecular complexity index is 299. The first kappa shape index (κ1) is 10.7. The first-order valence-electron chi connectivity index (χ1n) is 4.51. The van der Waals surface area contributed by atoms with E-state index in [1.165, 1.54) is 5.56 Å². The van der Waals surface area contributed by atoms with Crippen molar-refractivity contribution in [3.05, 3.63) is 29.3 Å². The molecule has 0 aliphatic heterocycles. The predicted octanol–water partition coefficient (Wildman–Crippen LogP) is 1.60. The normalized spacial score (nSPS) is 12.7. The number of hydrogen-bond acceptors (Lipinski definition) is 1. The summed E-state index contributed by atoms with van der Waals surface area (Å²) in [6, 6.07) is 6.24. The summed E-state index contributed by atoms with van der Waals surface area (Å²) < 4.78 is 0. The largest absolute Gasteiger partial charge is 0.679 e. The molecule has 0 saturated heterocycles. The molecular formula is C11H17OP. The fraction of sp³-hybridized carbons (Fsp3) is 0.455. The van der Waals surface area contributed by atoms with Crippen molar-refractivity contribution in [2.75, 3.05) is 0 Å². The maximum atomic E-state index is 10.9. The van der Waals surface area contributed by atoms with Crippen LogP contribution in [0.2, 0.25) is 0 Å². The van der Waals surface area contributed by atoms with Gasteiger partial charge in [0.2, 0.25) is 0 Å². The predicted molar refractivity (Wildman–Crippen MR) is 59.2 cm³/mol. The third-order valence-electron chi connectivity index (χ3n) is 2.27. The summed E-state index contributed by atoms with van der Waals surface area (Å²) in [5.41, 5.74) is 2.55. The molecule has 1 unspecified atom stereocenters. The van der Waals surface area contributed by atoms with Crippen LogP contribution < -0.4 is 10.2 Å². The third kappa shape index (κ3) is 2.52. The summed E-state index contributed by atoms with van der Waals surface area (Å²) in [7, 11) is -0.806. The minimum absolute atomic E-state index is 0.150. The molecule has 0 radical (unpaired) electrons. The SMILES string of the molecule is Cc1ccc(C(C)(C)C)cc1[PH2+][O-]. The summed E-state index contributed by atoms with van der Waals surface area (Å²) in [6.45, 7) is 8.51. The van der Waals surface area contributed by atoms with Crippen molar-refractivity contribution in [3.63, 3.8) is 0 Å². The van der Waals surface area contributed by atoms with Crippen LogP contribution in [0.4, 0.5) is 0 Å². The van der Waals surface area contributed by atoms with Gasteiger partial charge in [-0.15, -0.1) is 0 Å². The first-order chi connectivity index (χ1) is 5.95. The first-order valence-corrected chi connectivity index (χ1v) is 5.56. The van der Waals surface area contributed by atoms with Gasteiger partial charge in [0.15, 0.2) is 0 Å². The van der Waals surface area contributed by atoms with Crippen LogP contribution in [-0.4, -0.2) is 0 Å². The van der Waals surface area contributed by atoms with Gasteiger partial charge in [0.1, 0.15) is 0 Å². The summed E-state index contributed by atoms with van der Waals surface area (Å²) >= 11 is 0. The molecule has 1 nitrogen and oxygen atoms in total. The van der Waals surface area contributed by atoms with Gasteiger partial charge in [-0.1, -0.05) is 32.9 Å². The van der Waals surface area contributed by atoms with E-state index in [9.17, 15) is 4.89 Å². The number of rotatable bonds is 1. The Morgan fingerprint density at radius 2 is 1.85 bits per heavy atom. The minimum atomic E-state index is -0.806. The molecule has 0 aliphatic rings. The monoisotopic (exact) mass is 196 g/mol. The van der Waals surface area contributed by atoms with Crippen molar-refractivity contribution in [2.45, 2.75) is 33.1 Å². The zero-order chi connectivity index (χ0) is 10.1. The van der Waals surface area contributed by atoms with Crippen molar-refractivity contribution in [1.82, 2.24) is 0 Å². The topological polar surface area (TPSA) is 23.1 Å². The van der Waals surface area contributed by atoms with Crippen LogP contribution in [0.3, 0.4) is 0 Å². The van der Waals surface area contributed by atoms with Gasteiger partial charge >= 0.3 is 0 Å². The highest BCUT2D eigenvalue weighted by molar-refractivity contribution is 7.39. The van der Waals surface area contributed by atoms with Crippen LogP contribution >= 0.6 is 8.81 Å². The average Bonchev–Trinajstić information content (AvgIpc) is 2.03. The number of aryl methyl sites for hydroxylation is 1. The van der Waals surface area contributed by atoms with Crippen LogP contribution in [0.5, 0.6) is 0 Å². The second kappa shape index (κ2) is 3.77. The molecule has 1 aromatic rings. The van der Waals surface area contributed by atoms with Gasteiger partial charge in [0, 0.05) is 0 Å². The highest BCUT2D eigenvalue weighted by Gasteiger charge is 2.14. The van der Waals surface area contributed by atoms with Crippen molar-refractivity contribution in [2.24, 2.45) is 0 Å². The lowest BCUT2D eigenvalue weighted by molar-refractivity contribution is -0.147. The molecule has 72 valence electrons. The van der Waals surface area contributed by atoms with Crippen LogP contribution in [0.1, 0.15) is 31.9 Å². The van der Waals surface area contributed by atoms with E-state index in [1.54, 1.807) is 0 Å². The second-order valence-electron chi connectivity index (χ2n) is 4.44. The van der Waals surface area contributed by atoms with E-state index in [1.807, 2.05) is 6.92 Å². The zero-order valence-electron chi connectivity index (χ0n) is 8.72. The van der Waals surface area contributed by atoms with Gasteiger partial charge in [-0.05, 0) is 38.3 Å². The lowest BCUT2D eigenvalue weighted by atomic mass is 9.87. The third-order valence-corrected chi connectivity index (χ3v) is 3.15. The maximum absolute atomic E-state index is 10.9. The maximum Gasteiger partial charge on any atom is 0.0863 e. The van der Waals surface area contributed by atoms with E-state index in [0.717, 1.165) is 10.9 Å². The van der Waals surface area contributed by atoms with E-state index >= 15 is 0 Å². The lowest BCUT2D eigenvalue weighted by Crippen LogP contribution is -2.15.